The Morgan fingerprint density at radius 2 is 1.96 bits per heavy atom. The van der Waals surface area contributed by atoms with Gasteiger partial charge in [-0.1, -0.05) is 30.3 Å². The fourth-order valence-corrected chi connectivity index (χ4v) is 2.04. The normalized spacial score (nSPS) is 9.87. The summed E-state index contributed by atoms with van der Waals surface area (Å²) in [6.45, 7) is 2.53. The van der Waals surface area contributed by atoms with Crippen molar-refractivity contribution in [1.82, 2.24) is 10.2 Å². The van der Waals surface area contributed by atoms with Gasteiger partial charge in [0.1, 0.15) is 12.0 Å². The molecule has 0 aliphatic rings. The molecule has 1 aromatic heterocycles. The number of amides is 1. The molecule has 0 spiro atoms. The molecule has 23 heavy (non-hydrogen) atoms. The molecule has 0 unspecified atom stereocenters. The van der Waals surface area contributed by atoms with Gasteiger partial charge < -0.3 is 20.4 Å². The van der Waals surface area contributed by atoms with Gasteiger partial charge in [0, 0.05) is 19.6 Å². The van der Waals surface area contributed by atoms with Gasteiger partial charge in [-0.05, 0) is 18.7 Å². The topological polar surface area (TPSA) is 71.5 Å². The fourth-order valence-electron chi connectivity index (χ4n) is 2.04. The number of furan rings is 1. The third-order valence-electron chi connectivity index (χ3n) is 3.19. The minimum Gasteiger partial charge on any atom is -0.467 e. The number of hydrogen-bond donors (Lipinski definition) is 2. The lowest BCUT2D eigenvalue weighted by molar-refractivity contribution is 0.0949. The Morgan fingerprint density at radius 1 is 1.26 bits per heavy atom. The third kappa shape index (κ3) is 7.05. The molecule has 5 nitrogen and oxygen atoms in total. The van der Waals surface area contributed by atoms with Crippen molar-refractivity contribution in [3.8, 4) is 0 Å². The van der Waals surface area contributed by atoms with E-state index < -0.39 is 0 Å². The number of halogens is 2. The van der Waals surface area contributed by atoms with Crippen LogP contribution in [-0.2, 0) is 13.1 Å². The smallest absolute Gasteiger partial charge is 0.254 e. The van der Waals surface area contributed by atoms with E-state index in [-0.39, 0.29) is 30.7 Å². The van der Waals surface area contributed by atoms with Gasteiger partial charge >= 0.3 is 0 Å². The zero-order valence-corrected chi connectivity index (χ0v) is 14.7. The molecule has 0 fully saturated rings. The van der Waals surface area contributed by atoms with E-state index in [1.54, 1.807) is 6.07 Å². The van der Waals surface area contributed by atoms with Crippen LogP contribution in [0.2, 0.25) is 0 Å². The number of carbonyl (C=O) groups excluding carboxylic acids is 1. The second kappa shape index (κ2) is 11.1. The Bertz CT molecular complexity index is 576. The van der Waals surface area contributed by atoms with Crippen LogP contribution < -0.4 is 11.1 Å². The first-order valence-electron chi connectivity index (χ1n) is 6.97. The Morgan fingerprint density at radius 3 is 2.57 bits per heavy atom. The number of nitrogens with zero attached hydrogens (tertiary/aromatic N) is 1. The van der Waals surface area contributed by atoms with E-state index in [9.17, 15) is 4.79 Å². The molecule has 0 radical (unpaired) electrons. The van der Waals surface area contributed by atoms with Crippen molar-refractivity contribution in [3.63, 3.8) is 0 Å². The maximum atomic E-state index is 11.9. The van der Waals surface area contributed by atoms with E-state index in [4.69, 9.17) is 10.2 Å². The number of likely N-dealkylation sites (N-methyl/N-ethyl adjacent to an activating group) is 1. The molecule has 3 N–H and O–H groups in total. The lowest BCUT2D eigenvalue weighted by Crippen LogP contribution is -2.32. The van der Waals surface area contributed by atoms with Crippen molar-refractivity contribution in [2.45, 2.75) is 13.1 Å². The Kier molecular flexibility index (Phi) is 10.3. The summed E-state index contributed by atoms with van der Waals surface area (Å²) in [6.07, 6.45) is 1.44. The molecule has 0 aliphatic heterocycles. The van der Waals surface area contributed by atoms with E-state index in [2.05, 4.69) is 22.3 Å². The van der Waals surface area contributed by atoms with E-state index in [1.165, 1.54) is 11.8 Å². The summed E-state index contributed by atoms with van der Waals surface area (Å²) in [5.41, 5.74) is 7.22. The largest absolute Gasteiger partial charge is 0.467 e. The number of nitrogens with two attached hydrogens (primary N) is 1. The van der Waals surface area contributed by atoms with E-state index in [0.29, 0.717) is 24.4 Å². The maximum absolute atomic E-state index is 11.9. The van der Waals surface area contributed by atoms with Gasteiger partial charge in [0.25, 0.3) is 5.91 Å². The first kappa shape index (κ1) is 21.5. The third-order valence-corrected chi connectivity index (χ3v) is 3.19. The van der Waals surface area contributed by atoms with Gasteiger partial charge in [-0.2, -0.15) is 0 Å². The predicted molar refractivity (Wildman–Crippen MR) is 96.2 cm³/mol. The molecule has 1 amide bonds. The van der Waals surface area contributed by atoms with Gasteiger partial charge in [-0.15, -0.1) is 24.8 Å². The zero-order valence-electron chi connectivity index (χ0n) is 13.0. The lowest BCUT2D eigenvalue weighted by Gasteiger charge is -2.16. The van der Waals surface area contributed by atoms with Crippen LogP contribution in [0.5, 0.6) is 0 Å². The van der Waals surface area contributed by atoms with Gasteiger partial charge in [-0.3, -0.25) is 4.79 Å². The quantitative estimate of drug-likeness (QED) is 0.796. The van der Waals surface area contributed by atoms with Gasteiger partial charge in [0.2, 0.25) is 0 Å². The SMILES string of the molecule is CN(CCNC(=O)c1coc(CN)c1)Cc1ccccc1.Cl.Cl. The molecule has 0 aliphatic carbocycles. The summed E-state index contributed by atoms with van der Waals surface area (Å²) in [5, 5.41) is 2.87. The van der Waals surface area contributed by atoms with Crippen molar-refractivity contribution in [3.05, 3.63) is 59.5 Å². The molecule has 0 atom stereocenters. The van der Waals surface area contributed by atoms with Crippen LogP contribution in [0.25, 0.3) is 0 Å². The molecular formula is C16H23Cl2N3O2. The molecule has 1 aromatic carbocycles. The van der Waals surface area contributed by atoms with Crippen LogP contribution in [0.15, 0.2) is 47.1 Å². The second-order valence-electron chi connectivity index (χ2n) is 4.99. The highest BCUT2D eigenvalue weighted by Crippen LogP contribution is 2.06. The molecule has 0 saturated carbocycles. The highest BCUT2D eigenvalue weighted by molar-refractivity contribution is 5.93. The second-order valence-corrected chi connectivity index (χ2v) is 4.99. The Hall–Kier alpha value is -1.53. The summed E-state index contributed by atoms with van der Waals surface area (Å²) in [4.78, 5) is 14.0. The first-order chi connectivity index (χ1) is 10.2. The molecule has 2 rings (SSSR count). The summed E-state index contributed by atoms with van der Waals surface area (Å²) < 4.78 is 5.15. The average Bonchev–Trinajstić information content (AvgIpc) is 2.97. The van der Waals surface area contributed by atoms with Crippen LogP contribution in [-0.4, -0.2) is 30.9 Å². The Balaban J connectivity index is 0.00000242. The van der Waals surface area contributed by atoms with Crippen LogP contribution in [0.3, 0.4) is 0 Å². The predicted octanol–water partition coefficient (Wildman–Crippen LogP) is 2.44. The van der Waals surface area contributed by atoms with E-state index in [0.717, 1.165) is 13.1 Å². The minimum absolute atomic E-state index is 0. The standard InChI is InChI=1S/C16H21N3O2.2ClH/c1-19(11-13-5-3-2-4-6-13)8-7-18-16(20)14-9-15(10-17)21-12-14;;/h2-6,9,12H,7-8,10-11,17H2,1H3,(H,18,20);2*1H. The van der Waals surface area contributed by atoms with Crippen LogP contribution in [0.1, 0.15) is 21.7 Å². The number of hydrogen-bond acceptors (Lipinski definition) is 4. The van der Waals surface area contributed by atoms with E-state index >= 15 is 0 Å². The minimum atomic E-state index is -0.133. The van der Waals surface area contributed by atoms with Crippen molar-refractivity contribution < 1.29 is 9.21 Å². The van der Waals surface area contributed by atoms with Crippen LogP contribution in [0, 0.1) is 0 Å². The van der Waals surface area contributed by atoms with Crippen molar-refractivity contribution in [2.75, 3.05) is 20.1 Å². The fraction of sp³-hybridized carbons (Fsp3) is 0.312. The van der Waals surface area contributed by atoms with E-state index in [1.807, 2.05) is 25.2 Å². The molecule has 0 saturated heterocycles. The van der Waals surface area contributed by atoms with Gasteiger partial charge in [0.05, 0.1) is 12.1 Å². The highest BCUT2D eigenvalue weighted by Gasteiger charge is 2.09. The lowest BCUT2D eigenvalue weighted by atomic mass is 10.2. The average molecular weight is 360 g/mol. The monoisotopic (exact) mass is 359 g/mol. The first-order valence-corrected chi connectivity index (χ1v) is 6.97. The molecule has 2 aromatic rings. The molecule has 0 bridgehead atoms. The van der Waals surface area contributed by atoms with Crippen LogP contribution in [0.4, 0.5) is 0 Å². The molecule has 1 heterocycles. The van der Waals surface area contributed by atoms with Crippen molar-refractivity contribution >= 4 is 30.7 Å². The van der Waals surface area contributed by atoms with Crippen molar-refractivity contribution in [2.24, 2.45) is 5.73 Å². The zero-order chi connectivity index (χ0) is 15.1. The number of rotatable bonds is 7. The van der Waals surface area contributed by atoms with Crippen molar-refractivity contribution in [1.29, 1.82) is 0 Å². The summed E-state index contributed by atoms with van der Waals surface area (Å²) in [6, 6.07) is 11.9. The highest BCUT2D eigenvalue weighted by atomic mass is 35.5. The number of benzene rings is 1. The number of nitrogens with one attached hydrogen (secondary N) is 1. The molecule has 128 valence electrons. The van der Waals surface area contributed by atoms with Gasteiger partial charge in [0.15, 0.2) is 0 Å². The molecule has 7 heteroatoms. The van der Waals surface area contributed by atoms with Gasteiger partial charge in [-0.25, -0.2) is 0 Å². The summed E-state index contributed by atoms with van der Waals surface area (Å²) in [7, 11) is 2.03. The van der Waals surface area contributed by atoms with Crippen LogP contribution >= 0.6 is 24.8 Å². The molecular weight excluding hydrogens is 337 g/mol. The number of carbonyl (C=O) groups is 1. The maximum Gasteiger partial charge on any atom is 0.254 e. The summed E-state index contributed by atoms with van der Waals surface area (Å²) in [5.74, 6) is 0.480. The Labute approximate surface area is 149 Å². The summed E-state index contributed by atoms with van der Waals surface area (Å²) >= 11 is 0.